The molecule has 0 spiro atoms. The molecule has 0 amide bonds. The Morgan fingerprint density at radius 1 is 1.12 bits per heavy atom. The summed E-state index contributed by atoms with van der Waals surface area (Å²) < 4.78 is 58.0. The molecule has 2 aromatic rings. The molecule has 0 saturated carbocycles. The molecule has 0 unspecified atom stereocenters. The summed E-state index contributed by atoms with van der Waals surface area (Å²) >= 11 is 0. The number of ether oxygens (including phenoxy) is 1. The van der Waals surface area contributed by atoms with E-state index in [0.717, 1.165) is 17.7 Å². The molecule has 0 aliphatic rings. The minimum Gasteiger partial charge on any atom is -0.469 e. The van der Waals surface area contributed by atoms with E-state index in [4.69, 9.17) is 0 Å². The summed E-state index contributed by atoms with van der Waals surface area (Å²) in [6.07, 6.45) is -4.62. The summed E-state index contributed by atoms with van der Waals surface area (Å²) in [6, 6.07) is 10.6. The van der Waals surface area contributed by atoms with Crippen LogP contribution in [0.15, 0.2) is 53.4 Å². The number of carbonyl (C=O) groups is 1. The number of hydrogen-bond acceptors (Lipinski definition) is 3. The third kappa shape index (κ3) is 5.40. The average Bonchev–Trinajstić information content (AvgIpc) is 2.60. The van der Waals surface area contributed by atoms with Crippen molar-refractivity contribution in [2.24, 2.45) is 0 Å². The van der Waals surface area contributed by atoms with Crippen LogP contribution in [0.1, 0.15) is 29.2 Å². The van der Waals surface area contributed by atoms with E-state index in [1.54, 1.807) is 24.3 Å². The number of hydrogen-bond donors (Lipinski definition) is 1. The summed E-state index contributed by atoms with van der Waals surface area (Å²) in [5.41, 5.74) is 0.612. The number of methoxy groups -OCH3 is 1. The zero-order valence-corrected chi connectivity index (χ0v) is 15.0. The van der Waals surface area contributed by atoms with E-state index in [1.807, 2.05) is 6.92 Å². The molecule has 2 atom stereocenters. The number of halogens is 3. The second-order valence-corrected chi connectivity index (χ2v) is 6.90. The third-order valence-corrected chi connectivity index (χ3v) is 4.92. The van der Waals surface area contributed by atoms with Crippen LogP contribution < -0.4 is 4.72 Å². The summed E-state index contributed by atoms with van der Waals surface area (Å²) in [6.45, 7) is 1.89. The number of benzene rings is 2. The van der Waals surface area contributed by atoms with Gasteiger partial charge in [-0.15, -0.1) is 0 Å². The molecule has 0 aliphatic carbocycles. The fourth-order valence-corrected chi connectivity index (χ4v) is 3.24. The van der Waals surface area contributed by atoms with E-state index < -0.39 is 34.7 Å². The van der Waals surface area contributed by atoms with E-state index in [1.165, 1.54) is 19.2 Å². The highest BCUT2D eigenvalue weighted by atomic mass is 32.2. The first kappa shape index (κ1) is 20.1. The molecule has 26 heavy (non-hydrogen) atoms. The zero-order valence-electron chi connectivity index (χ0n) is 14.2. The van der Waals surface area contributed by atoms with Crippen molar-refractivity contribution in [3.05, 3.63) is 65.2 Å². The number of carbonyl (C=O) groups excluding carboxylic acids is 1. The topological polar surface area (TPSA) is 55.4 Å². The minimum atomic E-state index is -4.45. The molecule has 0 radical (unpaired) electrons. The van der Waals surface area contributed by atoms with Crippen molar-refractivity contribution in [2.75, 3.05) is 7.11 Å². The lowest BCUT2D eigenvalue weighted by molar-refractivity contribution is -0.141. The maximum absolute atomic E-state index is 12.7. The molecule has 0 bridgehead atoms. The maximum atomic E-state index is 12.7. The van der Waals surface area contributed by atoms with Crippen LogP contribution in [0.25, 0.3) is 0 Å². The quantitative estimate of drug-likeness (QED) is 0.767. The van der Waals surface area contributed by atoms with E-state index in [-0.39, 0.29) is 6.42 Å². The maximum Gasteiger partial charge on any atom is 0.416 e. The first-order chi connectivity index (χ1) is 12.2. The van der Waals surface area contributed by atoms with Crippen LogP contribution in [-0.4, -0.2) is 17.3 Å². The monoisotopic (exact) mass is 385 g/mol. The van der Waals surface area contributed by atoms with Crippen molar-refractivity contribution in [3.63, 3.8) is 0 Å². The highest BCUT2D eigenvalue weighted by Crippen LogP contribution is 2.30. The number of nitrogens with one attached hydrogen (secondary N) is 1. The van der Waals surface area contributed by atoms with Gasteiger partial charge in [-0.3, -0.25) is 4.79 Å². The van der Waals surface area contributed by atoms with Crippen molar-refractivity contribution >= 4 is 17.0 Å². The van der Waals surface area contributed by atoms with E-state index >= 15 is 0 Å². The smallest absolute Gasteiger partial charge is 0.416 e. The zero-order chi connectivity index (χ0) is 19.3. The van der Waals surface area contributed by atoms with Crippen molar-refractivity contribution in [1.29, 1.82) is 0 Å². The summed E-state index contributed by atoms with van der Waals surface area (Å²) in [4.78, 5) is 12.1. The van der Waals surface area contributed by atoms with Crippen LogP contribution in [0.5, 0.6) is 0 Å². The highest BCUT2D eigenvalue weighted by molar-refractivity contribution is 7.83. The second kappa shape index (κ2) is 8.46. The standard InChI is InChI=1S/C18H18F3NO3S/c1-12-3-9-15(10-4-12)26(24)22-16(11-17(23)25-2)13-5-7-14(8-6-13)18(19,20)21/h3-10,16,22H,11H2,1-2H3/t16-,26+/m1/s1. The van der Waals surface area contributed by atoms with Gasteiger partial charge in [-0.25, -0.2) is 8.93 Å². The van der Waals surface area contributed by atoms with E-state index in [0.29, 0.717) is 10.5 Å². The molecule has 4 nitrogen and oxygen atoms in total. The van der Waals surface area contributed by atoms with Gasteiger partial charge < -0.3 is 4.74 Å². The lowest BCUT2D eigenvalue weighted by atomic mass is 10.0. The average molecular weight is 385 g/mol. The molecule has 0 saturated heterocycles. The number of rotatable bonds is 6. The lowest BCUT2D eigenvalue weighted by Crippen LogP contribution is -2.26. The first-order valence-electron chi connectivity index (χ1n) is 7.69. The van der Waals surface area contributed by atoms with Gasteiger partial charge in [0.1, 0.15) is 11.0 Å². The van der Waals surface area contributed by atoms with Crippen LogP contribution >= 0.6 is 0 Å². The molecular weight excluding hydrogens is 367 g/mol. The Morgan fingerprint density at radius 3 is 2.19 bits per heavy atom. The summed E-state index contributed by atoms with van der Waals surface area (Å²) in [5, 5.41) is 0. The van der Waals surface area contributed by atoms with Gasteiger partial charge in [0.2, 0.25) is 0 Å². The summed E-state index contributed by atoms with van der Waals surface area (Å²) in [7, 11) is -0.432. The summed E-state index contributed by atoms with van der Waals surface area (Å²) in [5.74, 6) is -0.566. The minimum absolute atomic E-state index is 0.167. The Balaban J connectivity index is 2.24. The molecule has 140 valence electrons. The van der Waals surface area contributed by atoms with Crippen molar-refractivity contribution in [3.8, 4) is 0 Å². The first-order valence-corrected chi connectivity index (χ1v) is 8.84. The second-order valence-electron chi connectivity index (χ2n) is 5.65. The Hall–Kier alpha value is -2.19. The molecule has 0 aromatic heterocycles. The largest absolute Gasteiger partial charge is 0.469 e. The highest BCUT2D eigenvalue weighted by Gasteiger charge is 2.30. The fraction of sp³-hybridized carbons (Fsp3) is 0.278. The molecule has 1 N–H and O–H groups in total. The third-order valence-electron chi connectivity index (χ3n) is 3.72. The number of aryl methyl sites for hydroxylation is 1. The molecule has 8 heteroatoms. The van der Waals surface area contributed by atoms with Gasteiger partial charge in [0.15, 0.2) is 0 Å². The van der Waals surface area contributed by atoms with Gasteiger partial charge in [0.25, 0.3) is 0 Å². The Bertz CT molecular complexity index is 774. The van der Waals surface area contributed by atoms with Crippen LogP contribution in [0.4, 0.5) is 13.2 Å². The normalized spacial score (nSPS) is 13.9. The Kier molecular flexibility index (Phi) is 6.55. The van der Waals surface area contributed by atoms with Crippen molar-refractivity contribution in [1.82, 2.24) is 4.72 Å². The Morgan fingerprint density at radius 2 is 1.69 bits per heavy atom. The predicted molar refractivity (Wildman–Crippen MR) is 91.5 cm³/mol. The van der Waals surface area contributed by atoms with Crippen LogP contribution in [0, 0.1) is 6.92 Å². The molecule has 0 aliphatic heterocycles. The fourth-order valence-electron chi connectivity index (χ4n) is 2.24. The number of alkyl halides is 3. The number of esters is 1. The molecule has 0 fully saturated rings. The van der Waals surface area contributed by atoms with Gasteiger partial charge >= 0.3 is 12.1 Å². The van der Waals surface area contributed by atoms with Gasteiger partial charge in [0.05, 0.1) is 30.0 Å². The van der Waals surface area contributed by atoms with Gasteiger partial charge in [-0.2, -0.15) is 13.2 Å². The lowest BCUT2D eigenvalue weighted by Gasteiger charge is -2.18. The molecule has 2 rings (SSSR count). The van der Waals surface area contributed by atoms with Crippen LogP contribution in [0.3, 0.4) is 0 Å². The van der Waals surface area contributed by atoms with Gasteiger partial charge in [-0.05, 0) is 36.8 Å². The van der Waals surface area contributed by atoms with Crippen molar-refractivity contribution in [2.45, 2.75) is 30.5 Å². The molecule has 0 heterocycles. The van der Waals surface area contributed by atoms with Crippen LogP contribution in [0.2, 0.25) is 0 Å². The van der Waals surface area contributed by atoms with Crippen molar-refractivity contribution < 1.29 is 26.9 Å². The van der Waals surface area contributed by atoms with E-state index in [2.05, 4.69) is 9.46 Å². The van der Waals surface area contributed by atoms with E-state index in [9.17, 15) is 22.2 Å². The van der Waals surface area contributed by atoms with Gasteiger partial charge in [-0.1, -0.05) is 29.8 Å². The van der Waals surface area contributed by atoms with Crippen LogP contribution in [-0.2, 0) is 26.7 Å². The predicted octanol–water partition coefficient (Wildman–Crippen LogP) is 3.93. The SMILES string of the molecule is COC(=O)C[C@@H](N[S@@](=O)c1ccc(C)cc1)c1ccc(C(F)(F)F)cc1. The molecule has 2 aromatic carbocycles. The Labute approximate surface area is 152 Å². The molecular formula is C18H18F3NO3S. The van der Waals surface area contributed by atoms with Gasteiger partial charge in [0, 0.05) is 0 Å².